The first-order chi connectivity index (χ1) is 19.0. The molecular formula is C23H27FN4O3. The highest BCUT2D eigenvalue weighted by atomic mass is 19.1. The molecule has 0 spiro atoms. The van der Waals surface area contributed by atoms with Crippen LogP contribution in [0.3, 0.4) is 0 Å². The average Bonchev–Trinajstić information content (AvgIpc) is 3.36. The number of rotatable bonds is 4. The summed E-state index contributed by atoms with van der Waals surface area (Å²) in [6.45, 7) is -6.00. The molecule has 1 fully saturated rings. The maximum Gasteiger partial charge on any atom is 0.257 e. The van der Waals surface area contributed by atoms with Gasteiger partial charge in [-0.3, -0.25) is 9.36 Å². The zero-order chi connectivity index (χ0) is 30.2. The minimum Gasteiger partial charge on any atom is -0.385 e. The summed E-state index contributed by atoms with van der Waals surface area (Å²) in [7, 11) is 0. The Hall–Kier alpha value is -2.58. The normalized spacial score (nSPS) is 26.3. The Morgan fingerprint density at radius 3 is 3.00 bits per heavy atom. The van der Waals surface area contributed by atoms with Gasteiger partial charge in [0.25, 0.3) is 5.56 Å². The molecule has 1 N–H and O–H groups in total. The average molecular weight is 437 g/mol. The molecule has 3 aromatic rings. The van der Waals surface area contributed by atoms with Gasteiger partial charge in [-0.1, -0.05) is 5.16 Å². The van der Waals surface area contributed by atoms with Crippen molar-refractivity contribution in [3.05, 3.63) is 57.1 Å². The number of hydrogen-bond acceptors (Lipinski definition) is 6. The molecule has 8 heteroatoms. The number of aryl methyl sites for hydroxylation is 1. The molecule has 2 aliphatic rings. The van der Waals surface area contributed by atoms with Crippen molar-refractivity contribution in [3.8, 4) is 0 Å². The van der Waals surface area contributed by atoms with Crippen LogP contribution >= 0.6 is 0 Å². The Labute approximate surface area is 193 Å². The summed E-state index contributed by atoms with van der Waals surface area (Å²) in [4.78, 5) is 18.6. The van der Waals surface area contributed by atoms with E-state index in [2.05, 4.69) is 10.1 Å². The molecule has 1 atom stereocenters. The number of halogens is 1. The van der Waals surface area contributed by atoms with Gasteiger partial charge in [-0.25, -0.2) is 9.37 Å². The van der Waals surface area contributed by atoms with E-state index in [-0.39, 0.29) is 61.4 Å². The summed E-state index contributed by atoms with van der Waals surface area (Å²) in [6, 6.07) is -1.94. The third-order valence-electron chi connectivity index (χ3n) is 5.82. The van der Waals surface area contributed by atoms with Crippen LogP contribution in [0.1, 0.15) is 74.2 Å². The third kappa shape index (κ3) is 3.78. The van der Waals surface area contributed by atoms with Crippen molar-refractivity contribution >= 4 is 11.0 Å². The summed E-state index contributed by atoms with van der Waals surface area (Å²) >= 11 is 0. The molecular weight excluding hydrogens is 399 g/mol. The van der Waals surface area contributed by atoms with Crippen molar-refractivity contribution in [2.45, 2.75) is 57.5 Å². The highest BCUT2D eigenvalue weighted by Crippen LogP contribution is 2.32. The molecule has 0 bridgehead atoms. The van der Waals surface area contributed by atoms with Crippen LogP contribution in [-0.4, -0.2) is 44.3 Å². The van der Waals surface area contributed by atoms with E-state index in [4.69, 9.17) is 18.2 Å². The molecule has 0 aliphatic carbocycles. The van der Waals surface area contributed by atoms with E-state index in [1.54, 1.807) is 0 Å². The lowest BCUT2D eigenvalue weighted by atomic mass is 9.91. The van der Waals surface area contributed by atoms with Crippen molar-refractivity contribution < 1.29 is 27.7 Å². The number of aliphatic hydroxyl groups is 1. The van der Waals surface area contributed by atoms with Crippen LogP contribution < -0.4 is 5.56 Å². The van der Waals surface area contributed by atoms with Gasteiger partial charge in [0, 0.05) is 51.2 Å². The van der Waals surface area contributed by atoms with Gasteiger partial charge in [0.2, 0.25) is 0 Å². The smallest absolute Gasteiger partial charge is 0.257 e. The van der Waals surface area contributed by atoms with Crippen LogP contribution in [0.5, 0.6) is 0 Å². The second-order valence-corrected chi connectivity index (χ2v) is 7.77. The molecule has 0 radical (unpaired) electrons. The van der Waals surface area contributed by atoms with Gasteiger partial charge in [0.1, 0.15) is 17.7 Å². The number of aliphatic hydroxyl groups excluding tert-OH is 1. The number of benzene rings is 1. The molecule has 1 saturated heterocycles. The highest BCUT2D eigenvalue weighted by Gasteiger charge is 2.26. The van der Waals surface area contributed by atoms with Crippen molar-refractivity contribution in [1.29, 1.82) is 0 Å². The molecule has 1 aromatic carbocycles. The van der Waals surface area contributed by atoms with Crippen LogP contribution in [-0.2, 0) is 12.9 Å². The molecule has 2 aromatic heterocycles. The molecule has 5 rings (SSSR count). The Kier molecular flexibility index (Phi) is 3.13. The number of hydrogen-bond donors (Lipinski definition) is 1. The van der Waals surface area contributed by atoms with Crippen molar-refractivity contribution in [1.82, 2.24) is 19.6 Å². The molecule has 7 nitrogen and oxygen atoms in total. The van der Waals surface area contributed by atoms with E-state index in [0.29, 0.717) is 6.42 Å². The van der Waals surface area contributed by atoms with E-state index in [1.165, 1.54) is 0 Å². The first-order valence-electron chi connectivity index (χ1n) is 15.1. The standard InChI is InChI=1S/C23H27FN4O3/c1-14-17(23(30)28-9-2-3-19(29)22(28)25-14)8-12-27-10-6-15(7-11-27)21-18-5-4-16(24)13-20(18)31-26-21/h4-5,13,15,19,29H,2-3,6-12H2,1H3/i1D3,4D,5D,8D2,12D2,13D. The first-order valence-corrected chi connectivity index (χ1v) is 10.1. The molecule has 0 saturated carbocycles. The second-order valence-electron chi connectivity index (χ2n) is 7.77. The lowest BCUT2D eigenvalue weighted by Gasteiger charge is -2.31. The topological polar surface area (TPSA) is 84.4 Å². The first kappa shape index (κ1) is 11.9. The fourth-order valence-electron chi connectivity index (χ4n) is 4.16. The Balaban J connectivity index is 1.48. The largest absolute Gasteiger partial charge is 0.385 e. The van der Waals surface area contributed by atoms with Crippen molar-refractivity contribution in [2.75, 3.05) is 19.6 Å². The van der Waals surface area contributed by atoms with Crippen LogP contribution in [0, 0.1) is 12.7 Å². The highest BCUT2D eigenvalue weighted by molar-refractivity contribution is 5.79. The van der Waals surface area contributed by atoms with Crippen LogP contribution in [0.4, 0.5) is 4.39 Å². The van der Waals surface area contributed by atoms with Crippen LogP contribution in [0.25, 0.3) is 11.0 Å². The summed E-state index contributed by atoms with van der Waals surface area (Å²) in [5, 5.41) is 14.3. The Morgan fingerprint density at radius 2 is 2.19 bits per heavy atom. The Bertz CT molecular complexity index is 1580. The van der Waals surface area contributed by atoms with E-state index in [9.17, 15) is 14.3 Å². The lowest BCUT2D eigenvalue weighted by Crippen LogP contribution is -2.37. The van der Waals surface area contributed by atoms with E-state index in [1.807, 2.05) is 0 Å². The van der Waals surface area contributed by atoms with Crippen molar-refractivity contribution in [2.24, 2.45) is 0 Å². The molecule has 31 heavy (non-hydrogen) atoms. The minimum atomic E-state index is -3.13. The van der Waals surface area contributed by atoms with Gasteiger partial charge >= 0.3 is 0 Å². The summed E-state index contributed by atoms with van der Waals surface area (Å²) in [5.41, 5.74) is -2.91. The van der Waals surface area contributed by atoms with Crippen LogP contribution in [0.15, 0.2) is 27.4 Å². The van der Waals surface area contributed by atoms with E-state index in [0.717, 1.165) is 9.47 Å². The predicted molar refractivity (Wildman–Crippen MR) is 114 cm³/mol. The molecule has 164 valence electrons. The number of piperidine rings is 1. The maximum absolute atomic E-state index is 14.1. The number of nitrogens with zero attached hydrogens (tertiary/aromatic N) is 4. The van der Waals surface area contributed by atoms with Gasteiger partial charge in [0.15, 0.2) is 5.58 Å². The number of likely N-dealkylation sites (tertiary alicyclic amines) is 1. The predicted octanol–water partition coefficient (Wildman–Crippen LogP) is 3.08. The molecule has 0 amide bonds. The van der Waals surface area contributed by atoms with Gasteiger partial charge in [-0.15, -0.1) is 0 Å². The summed E-state index contributed by atoms with van der Waals surface area (Å²) < 4.78 is 103. The quantitative estimate of drug-likeness (QED) is 0.677. The fraction of sp³-hybridized carbons (Fsp3) is 0.522. The maximum atomic E-state index is 14.1. The molecule has 2 aliphatic heterocycles. The van der Waals surface area contributed by atoms with Gasteiger partial charge < -0.3 is 14.5 Å². The van der Waals surface area contributed by atoms with Gasteiger partial charge in [-0.2, -0.15) is 0 Å². The molecule has 1 unspecified atom stereocenters. The molecule has 4 heterocycles. The SMILES string of the molecule is [2H]c1c(F)c([2H])c2onc(C3CCN(C([2H])([2H])C([2H])([2H])c4c(C([2H])([2H])[2H])nc5n(c4=O)CCCC5O)CC3)c2c1[2H]. The third-order valence-corrected chi connectivity index (χ3v) is 5.82. The lowest BCUT2D eigenvalue weighted by molar-refractivity contribution is 0.129. The number of fused-ring (bicyclic) bond motifs is 2. The fourth-order valence-corrected chi connectivity index (χ4v) is 4.16. The van der Waals surface area contributed by atoms with E-state index >= 15 is 0 Å². The monoisotopic (exact) mass is 436 g/mol. The minimum absolute atomic E-state index is 0.0239. The second kappa shape index (κ2) is 8.16. The zero-order valence-corrected chi connectivity index (χ0v) is 16.5. The van der Waals surface area contributed by atoms with E-state index < -0.39 is 72.5 Å². The van der Waals surface area contributed by atoms with Gasteiger partial charge in [0.05, 0.1) is 9.81 Å². The van der Waals surface area contributed by atoms with Gasteiger partial charge in [-0.05, 0) is 64.1 Å². The number of aromatic nitrogens is 3. The van der Waals surface area contributed by atoms with Crippen LogP contribution in [0.2, 0.25) is 0 Å². The zero-order valence-electron chi connectivity index (χ0n) is 26.5. The Morgan fingerprint density at radius 1 is 1.35 bits per heavy atom. The van der Waals surface area contributed by atoms with Crippen molar-refractivity contribution in [3.63, 3.8) is 0 Å². The summed E-state index contributed by atoms with van der Waals surface area (Å²) in [5.74, 6) is -1.83. The summed E-state index contributed by atoms with van der Waals surface area (Å²) in [6.07, 6.45) is -3.37.